The Hall–Kier alpha value is -1.73. The maximum absolute atomic E-state index is 9.49. The molecule has 1 saturated heterocycles. The first kappa shape index (κ1) is 13.3. The fourth-order valence-corrected chi connectivity index (χ4v) is 3.37. The molecule has 1 atom stereocenters. The predicted molar refractivity (Wildman–Crippen MR) is 75.8 cm³/mol. The van der Waals surface area contributed by atoms with E-state index >= 15 is 0 Å². The summed E-state index contributed by atoms with van der Waals surface area (Å²) in [6.07, 6.45) is 0. The number of thioether (sulfide) groups is 1. The van der Waals surface area contributed by atoms with Crippen LogP contribution in [0.3, 0.4) is 0 Å². The van der Waals surface area contributed by atoms with Crippen molar-refractivity contribution in [1.29, 1.82) is 0 Å². The van der Waals surface area contributed by atoms with E-state index in [4.69, 9.17) is 4.52 Å². The lowest BCUT2D eigenvalue weighted by Crippen LogP contribution is -2.33. The van der Waals surface area contributed by atoms with Crippen LogP contribution in [0.2, 0.25) is 0 Å². The van der Waals surface area contributed by atoms with Crippen molar-refractivity contribution in [3.05, 3.63) is 24.0 Å². The molecule has 20 heavy (non-hydrogen) atoms. The Balaban J connectivity index is 1.89. The molecule has 106 valence electrons. The van der Waals surface area contributed by atoms with E-state index in [-0.39, 0.29) is 17.5 Å². The lowest BCUT2D eigenvalue weighted by atomic mass is 10.2. The zero-order valence-electron chi connectivity index (χ0n) is 11.0. The zero-order valence-corrected chi connectivity index (χ0v) is 11.8. The van der Waals surface area contributed by atoms with Crippen LogP contribution in [0, 0.1) is 0 Å². The summed E-state index contributed by atoms with van der Waals surface area (Å²) in [4.78, 5) is 6.58. The standard InChI is InChI=1S/C13H15N3O3S/c1-16-2-3-20-7-11(16)12-14-13(19-15-12)8-4-9(17)6-10(18)5-8/h4-6,11,17-18H,2-3,7H2,1H3. The summed E-state index contributed by atoms with van der Waals surface area (Å²) in [6, 6.07) is 4.36. The minimum absolute atomic E-state index is 0.0370. The third-order valence-electron chi connectivity index (χ3n) is 3.29. The number of aromatic hydroxyl groups is 2. The van der Waals surface area contributed by atoms with Crippen LogP contribution in [0.1, 0.15) is 11.9 Å². The molecule has 0 bridgehead atoms. The van der Waals surface area contributed by atoms with E-state index in [1.54, 1.807) is 0 Å². The Morgan fingerprint density at radius 2 is 2.05 bits per heavy atom. The Kier molecular flexibility index (Phi) is 3.54. The molecule has 0 amide bonds. The minimum Gasteiger partial charge on any atom is -0.508 e. The average molecular weight is 293 g/mol. The van der Waals surface area contributed by atoms with Gasteiger partial charge in [-0.05, 0) is 19.2 Å². The molecule has 2 N–H and O–H groups in total. The van der Waals surface area contributed by atoms with Crippen molar-refractivity contribution in [2.45, 2.75) is 6.04 Å². The summed E-state index contributed by atoms with van der Waals surface area (Å²) in [7, 11) is 2.04. The summed E-state index contributed by atoms with van der Waals surface area (Å²) in [5.74, 6) is 2.90. The number of benzene rings is 1. The third-order valence-corrected chi connectivity index (χ3v) is 4.31. The van der Waals surface area contributed by atoms with E-state index in [9.17, 15) is 10.2 Å². The van der Waals surface area contributed by atoms with Crippen LogP contribution in [0.4, 0.5) is 0 Å². The third kappa shape index (κ3) is 2.59. The van der Waals surface area contributed by atoms with Crippen molar-refractivity contribution in [2.75, 3.05) is 25.1 Å². The number of hydrogen-bond donors (Lipinski definition) is 2. The fourth-order valence-electron chi connectivity index (χ4n) is 2.16. The van der Waals surface area contributed by atoms with Gasteiger partial charge >= 0.3 is 0 Å². The zero-order chi connectivity index (χ0) is 14.1. The first-order valence-electron chi connectivity index (χ1n) is 6.28. The molecule has 0 saturated carbocycles. The fraction of sp³-hybridized carbons (Fsp3) is 0.385. The van der Waals surface area contributed by atoms with E-state index in [0.717, 1.165) is 18.1 Å². The molecular formula is C13H15N3O3S. The predicted octanol–water partition coefficient (Wildman–Crippen LogP) is 1.87. The van der Waals surface area contributed by atoms with Gasteiger partial charge in [0, 0.05) is 29.7 Å². The number of phenolic OH excluding ortho intramolecular Hbond substituents is 2. The quantitative estimate of drug-likeness (QED) is 0.874. The molecule has 6 nitrogen and oxygen atoms in total. The highest BCUT2D eigenvalue weighted by Crippen LogP contribution is 2.30. The summed E-state index contributed by atoms with van der Waals surface area (Å²) in [5, 5.41) is 23.0. The molecule has 1 aromatic carbocycles. The van der Waals surface area contributed by atoms with Crippen LogP contribution in [0.15, 0.2) is 22.7 Å². The highest BCUT2D eigenvalue weighted by molar-refractivity contribution is 7.99. The lowest BCUT2D eigenvalue weighted by molar-refractivity contribution is 0.257. The van der Waals surface area contributed by atoms with Crippen molar-refractivity contribution in [2.24, 2.45) is 0 Å². The molecule has 1 aliphatic heterocycles. The molecule has 1 aromatic heterocycles. The second kappa shape index (κ2) is 5.34. The molecule has 1 unspecified atom stereocenters. The van der Waals surface area contributed by atoms with Crippen molar-refractivity contribution >= 4 is 11.8 Å². The van der Waals surface area contributed by atoms with Crippen LogP contribution >= 0.6 is 11.8 Å². The second-order valence-electron chi connectivity index (χ2n) is 4.77. The van der Waals surface area contributed by atoms with Gasteiger partial charge in [0.15, 0.2) is 5.82 Å². The van der Waals surface area contributed by atoms with Gasteiger partial charge in [0.05, 0.1) is 6.04 Å². The van der Waals surface area contributed by atoms with Gasteiger partial charge in [-0.25, -0.2) is 0 Å². The average Bonchev–Trinajstić information content (AvgIpc) is 2.87. The molecular weight excluding hydrogens is 278 g/mol. The van der Waals surface area contributed by atoms with Gasteiger partial charge in [-0.1, -0.05) is 5.16 Å². The van der Waals surface area contributed by atoms with Crippen LogP contribution in [-0.4, -0.2) is 50.4 Å². The van der Waals surface area contributed by atoms with E-state index in [2.05, 4.69) is 15.0 Å². The number of rotatable bonds is 2. The monoisotopic (exact) mass is 293 g/mol. The van der Waals surface area contributed by atoms with Crippen LogP contribution in [-0.2, 0) is 0 Å². The summed E-state index contributed by atoms with van der Waals surface area (Å²) in [5.41, 5.74) is 0.507. The van der Waals surface area contributed by atoms with Crippen LogP contribution < -0.4 is 0 Å². The SMILES string of the molecule is CN1CCSCC1c1noc(-c2cc(O)cc(O)c2)n1. The molecule has 1 fully saturated rings. The molecule has 2 aromatic rings. The molecule has 2 heterocycles. The normalized spacial score (nSPS) is 20.1. The summed E-state index contributed by atoms with van der Waals surface area (Å²) >= 11 is 1.87. The van der Waals surface area contributed by atoms with Gasteiger partial charge in [0.1, 0.15) is 11.5 Å². The number of phenols is 2. The van der Waals surface area contributed by atoms with Crippen molar-refractivity contribution in [3.8, 4) is 23.0 Å². The second-order valence-corrected chi connectivity index (χ2v) is 5.92. The van der Waals surface area contributed by atoms with Gasteiger partial charge in [0.2, 0.25) is 0 Å². The Morgan fingerprint density at radius 3 is 2.75 bits per heavy atom. The Morgan fingerprint density at radius 1 is 1.30 bits per heavy atom. The van der Waals surface area contributed by atoms with Gasteiger partial charge in [-0.3, -0.25) is 4.90 Å². The molecule has 7 heteroatoms. The Bertz CT molecular complexity index is 596. The summed E-state index contributed by atoms with van der Waals surface area (Å²) in [6.45, 7) is 0.992. The number of aromatic nitrogens is 2. The maximum atomic E-state index is 9.49. The topological polar surface area (TPSA) is 82.6 Å². The summed E-state index contributed by atoms with van der Waals surface area (Å²) < 4.78 is 5.24. The van der Waals surface area contributed by atoms with Gasteiger partial charge in [0.25, 0.3) is 5.89 Å². The van der Waals surface area contributed by atoms with E-state index in [1.807, 2.05) is 18.8 Å². The molecule has 0 spiro atoms. The number of nitrogens with zero attached hydrogens (tertiary/aromatic N) is 3. The Labute approximate surface area is 120 Å². The van der Waals surface area contributed by atoms with Gasteiger partial charge in [-0.2, -0.15) is 16.7 Å². The highest BCUT2D eigenvalue weighted by Gasteiger charge is 2.26. The van der Waals surface area contributed by atoms with E-state index in [0.29, 0.717) is 17.3 Å². The smallest absolute Gasteiger partial charge is 0.258 e. The molecule has 0 radical (unpaired) electrons. The van der Waals surface area contributed by atoms with Crippen molar-refractivity contribution < 1.29 is 14.7 Å². The van der Waals surface area contributed by atoms with Gasteiger partial charge < -0.3 is 14.7 Å². The van der Waals surface area contributed by atoms with Crippen LogP contribution in [0.25, 0.3) is 11.5 Å². The lowest BCUT2D eigenvalue weighted by Gasteiger charge is -2.29. The highest BCUT2D eigenvalue weighted by atomic mass is 32.2. The van der Waals surface area contributed by atoms with E-state index in [1.165, 1.54) is 18.2 Å². The van der Waals surface area contributed by atoms with E-state index < -0.39 is 0 Å². The maximum Gasteiger partial charge on any atom is 0.258 e. The van der Waals surface area contributed by atoms with Crippen molar-refractivity contribution in [1.82, 2.24) is 15.0 Å². The number of hydrogen-bond acceptors (Lipinski definition) is 7. The first-order valence-corrected chi connectivity index (χ1v) is 7.44. The first-order chi connectivity index (χ1) is 9.63. The van der Waals surface area contributed by atoms with Crippen LogP contribution in [0.5, 0.6) is 11.5 Å². The molecule has 1 aliphatic rings. The van der Waals surface area contributed by atoms with Gasteiger partial charge in [-0.15, -0.1) is 0 Å². The van der Waals surface area contributed by atoms with Crippen molar-refractivity contribution in [3.63, 3.8) is 0 Å². The largest absolute Gasteiger partial charge is 0.508 e. The molecule has 3 rings (SSSR count). The minimum atomic E-state index is -0.0370. The molecule has 0 aliphatic carbocycles.